The van der Waals surface area contributed by atoms with Crippen molar-refractivity contribution in [3.8, 4) is 0 Å². The van der Waals surface area contributed by atoms with Crippen molar-refractivity contribution >= 4 is 11.9 Å². The number of nitrogens with one attached hydrogen (secondary N) is 1. The van der Waals surface area contributed by atoms with Crippen molar-refractivity contribution in [2.45, 2.75) is 51.7 Å². The summed E-state index contributed by atoms with van der Waals surface area (Å²) in [6.07, 6.45) is 2.17. The number of amides is 1. The molecule has 2 rings (SSSR count). The van der Waals surface area contributed by atoms with Gasteiger partial charge in [-0.2, -0.15) is 0 Å². The van der Waals surface area contributed by atoms with Crippen molar-refractivity contribution < 1.29 is 14.3 Å². The summed E-state index contributed by atoms with van der Waals surface area (Å²) >= 11 is 0. The monoisotopic (exact) mass is 225 g/mol. The van der Waals surface area contributed by atoms with E-state index in [1.54, 1.807) is 0 Å². The maximum atomic E-state index is 11.6. The van der Waals surface area contributed by atoms with E-state index in [1.807, 2.05) is 20.8 Å². The summed E-state index contributed by atoms with van der Waals surface area (Å²) in [7, 11) is 0. The molecule has 0 saturated heterocycles. The largest absolute Gasteiger partial charge is 0.444 e. The molecule has 0 radical (unpaired) electrons. The molecule has 1 N–H and O–H groups in total. The Morgan fingerprint density at radius 3 is 2.56 bits per heavy atom. The molecule has 0 aromatic heterocycles. The highest BCUT2D eigenvalue weighted by atomic mass is 16.6. The third kappa shape index (κ3) is 2.36. The summed E-state index contributed by atoms with van der Waals surface area (Å²) in [6, 6.07) is 0.00102. The van der Waals surface area contributed by atoms with Gasteiger partial charge < -0.3 is 10.1 Å². The summed E-state index contributed by atoms with van der Waals surface area (Å²) in [5.41, 5.74) is -0.480. The number of hydrogen-bond acceptors (Lipinski definition) is 3. The van der Waals surface area contributed by atoms with Gasteiger partial charge in [0, 0.05) is 18.4 Å². The molecule has 2 aliphatic carbocycles. The molecule has 2 fully saturated rings. The average Bonchev–Trinajstić information content (AvgIpc) is 2.57. The number of carbonyl (C=O) groups excluding carboxylic acids is 2. The van der Waals surface area contributed by atoms with Gasteiger partial charge in [-0.1, -0.05) is 0 Å². The lowest BCUT2D eigenvalue weighted by molar-refractivity contribution is -0.122. The third-order valence-corrected chi connectivity index (χ3v) is 3.27. The van der Waals surface area contributed by atoms with Crippen LogP contribution in [0.1, 0.15) is 40.0 Å². The van der Waals surface area contributed by atoms with Gasteiger partial charge in [0.15, 0.2) is 0 Å². The Morgan fingerprint density at radius 2 is 2.06 bits per heavy atom. The van der Waals surface area contributed by atoms with E-state index in [9.17, 15) is 9.59 Å². The zero-order chi connectivity index (χ0) is 11.9. The molecule has 0 aromatic rings. The van der Waals surface area contributed by atoms with Crippen LogP contribution in [0.15, 0.2) is 0 Å². The predicted octanol–water partition coefficient (Wildman–Crippen LogP) is 1.88. The number of ketones is 1. The third-order valence-electron chi connectivity index (χ3n) is 3.27. The van der Waals surface area contributed by atoms with Gasteiger partial charge in [-0.05, 0) is 39.5 Å². The quantitative estimate of drug-likeness (QED) is 0.741. The van der Waals surface area contributed by atoms with Crippen LogP contribution < -0.4 is 5.32 Å². The molecule has 0 aromatic carbocycles. The highest BCUT2D eigenvalue weighted by molar-refractivity contribution is 5.86. The molecule has 2 aliphatic rings. The molecule has 0 aliphatic heterocycles. The lowest BCUT2D eigenvalue weighted by atomic mass is 9.94. The van der Waals surface area contributed by atoms with Crippen LogP contribution in [0.2, 0.25) is 0 Å². The lowest BCUT2D eigenvalue weighted by Crippen LogP contribution is -2.43. The van der Waals surface area contributed by atoms with Crippen LogP contribution >= 0.6 is 0 Å². The molecule has 0 unspecified atom stereocenters. The van der Waals surface area contributed by atoms with E-state index in [0.29, 0.717) is 18.1 Å². The van der Waals surface area contributed by atoms with Gasteiger partial charge in [0.25, 0.3) is 0 Å². The second-order valence-electron chi connectivity index (χ2n) is 5.87. The second kappa shape index (κ2) is 3.75. The molecule has 2 saturated carbocycles. The van der Waals surface area contributed by atoms with Crippen molar-refractivity contribution in [1.29, 1.82) is 0 Å². The number of rotatable bonds is 1. The fraction of sp³-hybridized carbons (Fsp3) is 0.833. The molecule has 90 valence electrons. The topological polar surface area (TPSA) is 55.4 Å². The van der Waals surface area contributed by atoms with Crippen LogP contribution in [0.4, 0.5) is 4.79 Å². The van der Waals surface area contributed by atoms with Gasteiger partial charge >= 0.3 is 6.09 Å². The van der Waals surface area contributed by atoms with E-state index in [2.05, 4.69) is 5.32 Å². The van der Waals surface area contributed by atoms with Crippen molar-refractivity contribution in [2.24, 2.45) is 11.8 Å². The first kappa shape index (κ1) is 11.4. The maximum absolute atomic E-state index is 11.6. The molecule has 4 nitrogen and oxygen atoms in total. The van der Waals surface area contributed by atoms with Gasteiger partial charge in [0.2, 0.25) is 0 Å². The summed E-state index contributed by atoms with van der Waals surface area (Å²) in [6.45, 7) is 5.50. The van der Waals surface area contributed by atoms with Crippen molar-refractivity contribution in [1.82, 2.24) is 5.32 Å². The van der Waals surface area contributed by atoms with Crippen LogP contribution in [-0.2, 0) is 9.53 Å². The highest BCUT2D eigenvalue weighted by Gasteiger charge is 2.46. The van der Waals surface area contributed by atoms with Gasteiger partial charge in [-0.15, -0.1) is 0 Å². The predicted molar refractivity (Wildman–Crippen MR) is 59.0 cm³/mol. The highest BCUT2D eigenvalue weighted by Crippen LogP contribution is 2.42. The number of fused-ring (bicyclic) bond motifs is 2. The van der Waals surface area contributed by atoms with E-state index in [4.69, 9.17) is 4.74 Å². The fourth-order valence-corrected chi connectivity index (χ4v) is 2.72. The van der Waals surface area contributed by atoms with Gasteiger partial charge in [0.1, 0.15) is 11.4 Å². The minimum absolute atomic E-state index is 0.00102. The molecular formula is C12H19NO3. The Balaban J connectivity index is 1.87. The molecular weight excluding hydrogens is 206 g/mol. The maximum Gasteiger partial charge on any atom is 0.407 e. The van der Waals surface area contributed by atoms with Gasteiger partial charge in [-0.25, -0.2) is 4.79 Å². The number of ether oxygens (including phenoxy) is 1. The first-order valence-electron chi connectivity index (χ1n) is 5.87. The standard InChI is InChI=1S/C12H19NO3/c1-12(2,3)16-11(15)13-9-5-7-4-8(9)10(14)6-7/h7-9H,4-6H2,1-3H3,(H,13,15)/t7-,8-,9-/m0/s1. The summed E-state index contributed by atoms with van der Waals surface area (Å²) < 4.78 is 5.18. The Kier molecular flexibility index (Phi) is 2.68. The smallest absolute Gasteiger partial charge is 0.407 e. The first-order chi connectivity index (χ1) is 7.35. The Morgan fingerprint density at radius 1 is 1.38 bits per heavy atom. The second-order valence-corrected chi connectivity index (χ2v) is 5.87. The molecule has 2 bridgehead atoms. The van der Waals surface area contributed by atoms with Crippen molar-refractivity contribution in [2.75, 3.05) is 0 Å². The van der Waals surface area contributed by atoms with E-state index in [-0.39, 0.29) is 12.0 Å². The first-order valence-corrected chi connectivity index (χ1v) is 5.87. The minimum Gasteiger partial charge on any atom is -0.444 e. The van der Waals surface area contributed by atoms with E-state index >= 15 is 0 Å². The molecule has 3 atom stereocenters. The fourth-order valence-electron chi connectivity index (χ4n) is 2.72. The van der Waals surface area contributed by atoms with E-state index in [0.717, 1.165) is 12.8 Å². The molecule has 0 heterocycles. The van der Waals surface area contributed by atoms with Crippen LogP contribution in [0.5, 0.6) is 0 Å². The van der Waals surface area contributed by atoms with Crippen molar-refractivity contribution in [3.63, 3.8) is 0 Å². The number of alkyl carbamates (subject to hydrolysis) is 1. The molecule has 4 heteroatoms. The van der Waals surface area contributed by atoms with Crippen LogP contribution in [0, 0.1) is 11.8 Å². The van der Waals surface area contributed by atoms with Gasteiger partial charge in [0.05, 0.1) is 0 Å². The Bertz CT molecular complexity index is 319. The van der Waals surface area contributed by atoms with E-state index < -0.39 is 11.7 Å². The SMILES string of the molecule is CC(C)(C)OC(=O)N[C@H]1C[C@H]2CC(=O)[C@H]1C2. The number of hydrogen-bond donors (Lipinski definition) is 1. The van der Waals surface area contributed by atoms with Crippen molar-refractivity contribution in [3.05, 3.63) is 0 Å². The summed E-state index contributed by atoms with van der Waals surface area (Å²) in [5, 5.41) is 2.82. The molecule has 1 amide bonds. The summed E-state index contributed by atoms with van der Waals surface area (Å²) in [5.74, 6) is 0.826. The van der Waals surface area contributed by atoms with Crippen LogP contribution in [0.3, 0.4) is 0 Å². The zero-order valence-corrected chi connectivity index (χ0v) is 10.1. The molecule has 0 spiro atoms. The van der Waals surface area contributed by atoms with Crippen LogP contribution in [-0.4, -0.2) is 23.5 Å². The average molecular weight is 225 g/mol. The number of Topliss-reactive ketones (excluding diaryl/α,β-unsaturated/α-hetero) is 1. The lowest BCUT2D eigenvalue weighted by Gasteiger charge is -2.25. The summed E-state index contributed by atoms with van der Waals surface area (Å²) in [4.78, 5) is 23.1. The zero-order valence-electron chi connectivity index (χ0n) is 10.1. The van der Waals surface area contributed by atoms with Crippen LogP contribution in [0.25, 0.3) is 0 Å². The molecule has 16 heavy (non-hydrogen) atoms. The number of carbonyl (C=O) groups is 2. The Hall–Kier alpha value is -1.06. The van der Waals surface area contributed by atoms with Gasteiger partial charge in [-0.3, -0.25) is 4.79 Å². The Labute approximate surface area is 95.7 Å². The van der Waals surface area contributed by atoms with E-state index in [1.165, 1.54) is 0 Å². The minimum atomic E-state index is -0.480. The normalized spacial score (nSPS) is 32.9.